The van der Waals surface area contributed by atoms with Crippen LogP contribution in [-0.4, -0.2) is 24.5 Å². The van der Waals surface area contributed by atoms with Crippen LogP contribution >= 0.6 is 0 Å². The van der Waals surface area contributed by atoms with Crippen molar-refractivity contribution in [2.45, 2.75) is 87.4 Å². The normalized spacial score (nSPS) is 12.8. The van der Waals surface area contributed by atoms with Gasteiger partial charge in [0, 0.05) is 11.5 Å². The van der Waals surface area contributed by atoms with E-state index < -0.39 is 0 Å². The Morgan fingerprint density at radius 3 is 2.09 bits per heavy atom. The highest BCUT2D eigenvalue weighted by Gasteiger charge is 2.17. The Balaban J connectivity index is 0. The number of carbonyl (C=O) groups is 2. The summed E-state index contributed by atoms with van der Waals surface area (Å²) in [6.45, 7) is 19.7. The lowest BCUT2D eigenvalue weighted by Crippen LogP contribution is -2.18. The number of carbonyl (C=O) groups excluding carboxylic acids is 2. The lowest BCUT2D eigenvalue weighted by Gasteiger charge is -2.19. The molecule has 33 heavy (non-hydrogen) atoms. The number of hydrogen-bond acceptors (Lipinski definition) is 4. The van der Waals surface area contributed by atoms with Crippen molar-refractivity contribution in [1.82, 2.24) is 0 Å². The number of allylic oxidation sites excluding steroid dienone is 2. The molecular formula is C29H46O4. The molecule has 186 valence electrons. The summed E-state index contributed by atoms with van der Waals surface area (Å²) in [6.07, 6.45) is 7.07. The van der Waals surface area contributed by atoms with Gasteiger partial charge in [0.2, 0.25) is 0 Å². The fourth-order valence-electron chi connectivity index (χ4n) is 2.57. The van der Waals surface area contributed by atoms with Gasteiger partial charge in [-0.05, 0) is 56.4 Å². The smallest absolute Gasteiger partial charge is 0.333 e. The van der Waals surface area contributed by atoms with Gasteiger partial charge in [-0.25, -0.2) is 4.79 Å². The SMILES string of the molecule is C=CC.CC.CCCOC(=O)/C(C)=C/C(=C\C(=O)C(C)CC)C(CC)OCc1ccccc1. The van der Waals surface area contributed by atoms with Crippen molar-refractivity contribution in [3.63, 3.8) is 0 Å². The van der Waals surface area contributed by atoms with Gasteiger partial charge >= 0.3 is 5.97 Å². The average molecular weight is 459 g/mol. The van der Waals surface area contributed by atoms with Crippen LogP contribution < -0.4 is 0 Å². The first kappa shape index (κ1) is 32.7. The topological polar surface area (TPSA) is 52.6 Å². The highest BCUT2D eigenvalue weighted by atomic mass is 16.5. The molecule has 0 radical (unpaired) electrons. The lowest BCUT2D eigenvalue weighted by molar-refractivity contribution is -0.139. The molecule has 0 amide bonds. The predicted molar refractivity (Wildman–Crippen MR) is 140 cm³/mol. The van der Waals surface area contributed by atoms with E-state index in [4.69, 9.17) is 9.47 Å². The Morgan fingerprint density at radius 2 is 1.61 bits per heavy atom. The summed E-state index contributed by atoms with van der Waals surface area (Å²) in [5.41, 5.74) is 2.25. The molecule has 0 bridgehead atoms. The third kappa shape index (κ3) is 15.1. The molecule has 4 nitrogen and oxygen atoms in total. The van der Waals surface area contributed by atoms with E-state index in [9.17, 15) is 9.59 Å². The molecule has 0 saturated heterocycles. The number of benzene rings is 1. The Hall–Kier alpha value is -2.46. The molecule has 1 rings (SSSR count). The molecule has 0 spiro atoms. The summed E-state index contributed by atoms with van der Waals surface area (Å²) in [7, 11) is 0. The van der Waals surface area contributed by atoms with Crippen molar-refractivity contribution < 1.29 is 19.1 Å². The summed E-state index contributed by atoms with van der Waals surface area (Å²) >= 11 is 0. The van der Waals surface area contributed by atoms with Crippen molar-refractivity contribution in [3.05, 3.63) is 71.8 Å². The summed E-state index contributed by atoms with van der Waals surface area (Å²) in [6, 6.07) is 9.91. The fraction of sp³-hybridized carbons (Fsp3) is 0.517. The van der Waals surface area contributed by atoms with E-state index in [0.717, 1.165) is 24.0 Å². The molecule has 0 aromatic heterocycles. The Labute approximate surface area is 202 Å². The molecule has 1 aromatic carbocycles. The Kier molecular flexibility index (Phi) is 21.2. The van der Waals surface area contributed by atoms with E-state index in [2.05, 4.69) is 6.58 Å². The zero-order valence-corrected chi connectivity index (χ0v) is 22.1. The molecule has 0 aliphatic rings. The zero-order chi connectivity index (χ0) is 25.6. The zero-order valence-electron chi connectivity index (χ0n) is 22.1. The van der Waals surface area contributed by atoms with E-state index >= 15 is 0 Å². The molecule has 2 unspecified atom stereocenters. The first-order valence-corrected chi connectivity index (χ1v) is 12.2. The van der Waals surface area contributed by atoms with Crippen LogP contribution in [0, 0.1) is 5.92 Å². The minimum Gasteiger partial charge on any atom is -0.462 e. The maximum absolute atomic E-state index is 12.5. The van der Waals surface area contributed by atoms with Crippen LogP contribution in [-0.2, 0) is 25.7 Å². The minimum absolute atomic E-state index is 0.0465. The highest BCUT2D eigenvalue weighted by Crippen LogP contribution is 2.19. The molecule has 0 saturated carbocycles. The second kappa shape index (κ2) is 21.4. The quantitative estimate of drug-likeness (QED) is 0.140. The van der Waals surface area contributed by atoms with E-state index in [-0.39, 0.29) is 23.8 Å². The van der Waals surface area contributed by atoms with Gasteiger partial charge < -0.3 is 9.47 Å². The molecule has 0 fully saturated rings. The van der Waals surface area contributed by atoms with Crippen molar-refractivity contribution in [2.24, 2.45) is 5.92 Å². The summed E-state index contributed by atoms with van der Waals surface area (Å²) in [5.74, 6) is -0.380. The summed E-state index contributed by atoms with van der Waals surface area (Å²) in [4.78, 5) is 24.7. The predicted octanol–water partition coefficient (Wildman–Crippen LogP) is 7.64. The molecule has 0 aliphatic heterocycles. The van der Waals surface area contributed by atoms with Gasteiger partial charge in [-0.3, -0.25) is 4.79 Å². The second-order valence-corrected chi connectivity index (χ2v) is 7.42. The van der Waals surface area contributed by atoms with Crippen LogP contribution in [0.2, 0.25) is 0 Å². The van der Waals surface area contributed by atoms with Gasteiger partial charge in [-0.2, -0.15) is 0 Å². The Bertz CT molecular complexity index is 716. The van der Waals surface area contributed by atoms with Crippen molar-refractivity contribution in [2.75, 3.05) is 6.61 Å². The summed E-state index contributed by atoms with van der Waals surface area (Å²) in [5, 5.41) is 0. The molecule has 2 atom stereocenters. The summed E-state index contributed by atoms with van der Waals surface area (Å²) < 4.78 is 11.3. The standard InChI is InChI=1S/C24H34O4.C3H6.C2H6/c1-6-14-27-24(26)19(5)15-21(16-22(25)18(4)7-2)23(8-3)28-17-20-12-10-9-11-13-20;1-3-2;1-2/h9-13,15-16,18,23H,6-8,14,17H2,1-5H3;3H,1H2,2H3;1-2H3/b19-15+,21-16+;;. The molecule has 0 heterocycles. The first-order chi connectivity index (χ1) is 15.8. The maximum Gasteiger partial charge on any atom is 0.333 e. The monoisotopic (exact) mass is 458 g/mol. The molecular weight excluding hydrogens is 412 g/mol. The molecule has 0 N–H and O–H groups in total. The van der Waals surface area contributed by atoms with E-state index in [1.807, 2.05) is 78.8 Å². The van der Waals surface area contributed by atoms with Gasteiger partial charge in [0.15, 0.2) is 5.78 Å². The van der Waals surface area contributed by atoms with Crippen molar-refractivity contribution in [1.29, 1.82) is 0 Å². The number of ketones is 1. The second-order valence-electron chi connectivity index (χ2n) is 7.42. The van der Waals surface area contributed by atoms with Crippen LogP contribution in [0.1, 0.15) is 80.2 Å². The van der Waals surface area contributed by atoms with E-state index in [1.54, 1.807) is 25.2 Å². The maximum atomic E-state index is 12.5. The molecule has 1 aromatic rings. The third-order valence-electron chi connectivity index (χ3n) is 4.59. The first-order valence-electron chi connectivity index (χ1n) is 12.2. The van der Waals surface area contributed by atoms with Crippen molar-refractivity contribution in [3.8, 4) is 0 Å². The number of rotatable bonds is 12. The van der Waals surface area contributed by atoms with Gasteiger partial charge in [-0.15, -0.1) is 6.58 Å². The third-order valence-corrected chi connectivity index (χ3v) is 4.59. The lowest BCUT2D eigenvalue weighted by atomic mass is 9.97. The van der Waals surface area contributed by atoms with Gasteiger partial charge in [0.25, 0.3) is 0 Å². The van der Waals surface area contributed by atoms with Crippen LogP contribution in [0.15, 0.2) is 66.3 Å². The fourth-order valence-corrected chi connectivity index (χ4v) is 2.57. The van der Waals surface area contributed by atoms with E-state index in [1.165, 1.54) is 0 Å². The van der Waals surface area contributed by atoms with Gasteiger partial charge in [0.1, 0.15) is 0 Å². The minimum atomic E-state index is -0.360. The number of ether oxygens (including phenoxy) is 2. The average Bonchev–Trinajstić information content (AvgIpc) is 2.84. The Morgan fingerprint density at radius 1 is 1.03 bits per heavy atom. The van der Waals surface area contributed by atoms with Gasteiger partial charge in [0.05, 0.1) is 19.3 Å². The highest BCUT2D eigenvalue weighted by molar-refractivity contribution is 5.93. The number of esters is 1. The molecule has 0 aliphatic carbocycles. The van der Waals surface area contributed by atoms with Crippen LogP contribution in [0.3, 0.4) is 0 Å². The van der Waals surface area contributed by atoms with Crippen LogP contribution in [0.25, 0.3) is 0 Å². The molecule has 4 heteroatoms. The van der Waals surface area contributed by atoms with Crippen molar-refractivity contribution >= 4 is 11.8 Å². The number of hydrogen-bond donors (Lipinski definition) is 0. The van der Waals surface area contributed by atoms with Gasteiger partial charge in [-0.1, -0.05) is 78.0 Å². The largest absolute Gasteiger partial charge is 0.462 e. The van der Waals surface area contributed by atoms with E-state index in [0.29, 0.717) is 25.2 Å². The van der Waals surface area contributed by atoms with Crippen LogP contribution in [0.4, 0.5) is 0 Å². The van der Waals surface area contributed by atoms with Crippen LogP contribution in [0.5, 0.6) is 0 Å².